The number of phenols is 1. The van der Waals surface area contributed by atoms with Gasteiger partial charge >= 0.3 is 0 Å². The lowest BCUT2D eigenvalue weighted by Gasteiger charge is -2.30. The Kier molecular flexibility index (Phi) is 5.02. The number of aromatic nitrogens is 3. The van der Waals surface area contributed by atoms with Crippen LogP contribution in [0.2, 0.25) is 0 Å². The number of carbonyl (C=O) groups is 2. The van der Waals surface area contributed by atoms with Gasteiger partial charge in [0.25, 0.3) is 11.8 Å². The van der Waals surface area contributed by atoms with E-state index in [2.05, 4.69) is 20.3 Å². The quantitative estimate of drug-likeness (QED) is 0.686. The number of likely N-dealkylation sites (tertiary alicyclic amines) is 1. The summed E-state index contributed by atoms with van der Waals surface area (Å²) in [5.74, 6) is 0.191. The molecule has 1 fully saturated rings. The number of hydrogen-bond donors (Lipinski definition) is 2. The van der Waals surface area contributed by atoms with Crippen molar-refractivity contribution in [1.82, 2.24) is 19.9 Å². The maximum atomic E-state index is 12.4. The number of phenolic OH excluding ortho intramolecular Hbond substituents is 1. The van der Waals surface area contributed by atoms with Gasteiger partial charge in [-0.05, 0) is 30.7 Å². The molecular weight excluding hydrogens is 374 g/mol. The predicted molar refractivity (Wildman–Crippen MR) is 103 cm³/mol. The lowest BCUT2D eigenvalue weighted by Crippen LogP contribution is -2.42. The molecule has 1 aromatic carbocycles. The minimum atomic E-state index is -0.472. The molecule has 0 saturated carbocycles. The van der Waals surface area contributed by atoms with Crippen LogP contribution in [0.25, 0.3) is 0 Å². The third-order valence-electron chi connectivity index (χ3n) is 4.29. The first-order valence-corrected chi connectivity index (χ1v) is 8.93. The van der Waals surface area contributed by atoms with Crippen molar-refractivity contribution in [3.63, 3.8) is 0 Å². The van der Waals surface area contributed by atoms with Gasteiger partial charge in [-0.1, -0.05) is 0 Å². The largest absolute Gasteiger partial charge is 0.508 e. The first-order chi connectivity index (χ1) is 14.1. The van der Waals surface area contributed by atoms with Gasteiger partial charge in [0.05, 0.1) is 12.4 Å². The summed E-state index contributed by atoms with van der Waals surface area (Å²) >= 11 is 0. The summed E-state index contributed by atoms with van der Waals surface area (Å²) in [6, 6.07) is 7.36. The minimum absolute atomic E-state index is 0.108. The third kappa shape index (κ3) is 4.29. The van der Waals surface area contributed by atoms with Crippen LogP contribution in [0.5, 0.6) is 17.2 Å². The van der Waals surface area contributed by atoms with Crippen molar-refractivity contribution < 1.29 is 19.4 Å². The van der Waals surface area contributed by atoms with Gasteiger partial charge in [0.15, 0.2) is 5.82 Å². The Labute approximate surface area is 166 Å². The number of nitrogens with one attached hydrogen (secondary N) is 1. The van der Waals surface area contributed by atoms with Crippen LogP contribution in [0, 0.1) is 0 Å². The van der Waals surface area contributed by atoms with Gasteiger partial charge in [0.2, 0.25) is 0 Å². The van der Waals surface area contributed by atoms with Gasteiger partial charge in [-0.25, -0.2) is 9.97 Å². The fourth-order valence-electron chi connectivity index (χ4n) is 2.71. The predicted octanol–water partition coefficient (Wildman–Crippen LogP) is 2.47. The van der Waals surface area contributed by atoms with Gasteiger partial charge in [0, 0.05) is 37.1 Å². The monoisotopic (exact) mass is 391 g/mol. The number of ether oxygens (including phenoxy) is 1. The van der Waals surface area contributed by atoms with Crippen molar-refractivity contribution in [1.29, 1.82) is 0 Å². The van der Waals surface area contributed by atoms with Crippen molar-refractivity contribution in [3.05, 3.63) is 66.4 Å². The number of rotatable bonds is 5. The molecule has 9 heteroatoms. The molecule has 29 heavy (non-hydrogen) atoms. The van der Waals surface area contributed by atoms with Gasteiger partial charge in [-0.15, -0.1) is 0 Å². The molecule has 3 aromatic rings. The fraction of sp³-hybridized carbons (Fsp3) is 0.150. The fourth-order valence-corrected chi connectivity index (χ4v) is 2.71. The van der Waals surface area contributed by atoms with E-state index in [0.29, 0.717) is 11.4 Å². The topological polar surface area (TPSA) is 118 Å². The summed E-state index contributed by atoms with van der Waals surface area (Å²) in [4.78, 5) is 38.2. The van der Waals surface area contributed by atoms with Crippen molar-refractivity contribution in [2.45, 2.75) is 6.42 Å². The Balaban J connectivity index is 1.47. The molecule has 1 saturated heterocycles. The van der Waals surface area contributed by atoms with Gasteiger partial charge < -0.3 is 20.1 Å². The van der Waals surface area contributed by atoms with E-state index >= 15 is 0 Å². The van der Waals surface area contributed by atoms with Gasteiger partial charge in [-0.3, -0.25) is 14.6 Å². The molecule has 2 aromatic heterocycles. The van der Waals surface area contributed by atoms with E-state index in [1.165, 1.54) is 43.0 Å². The van der Waals surface area contributed by atoms with Crippen LogP contribution in [0.3, 0.4) is 0 Å². The van der Waals surface area contributed by atoms with Crippen molar-refractivity contribution >= 4 is 17.6 Å². The number of carbonyl (C=O) groups excluding carboxylic acids is 2. The van der Waals surface area contributed by atoms with Crippen LogP contribution in [-0.2, 0) is 0 Å². The highest BCUT2D eigenvalue weighted by atomic mass is 16.5. The SMILES string of the molecule is O=C(Nc1cnccn1)c1cc(O)cc(Oc2ccc(C(=O)N3CCC3)nc2)c1. The second-order valence-electron chi connectivity index (χ2n) is 6.39. The van der Waals surface area contributed by atoms with E-state index < -0.39 is 5.91 Å². The Hall–Kier alpha value is -4.01. The van der Waals surface area contributed by atoms with Crippen molar-refractivity contribution in [3.8, 4) is 17.2 Å². The molecule has 3 heterocycles. The molecule has 0 atom stereocenters. The second kappa shape index (κ2) is 7.93. The van der Waals surface area contributed by atoms with Crippen molar-refractivity contribution in [2.75, 3.05) is 18.4 Å². The van der Waals surface area contributed by atoms with E-state index in [1.54, 1.807) is 17.0 Å². The Morgan fingerprint density at radius 2 is 1.90 bits per heavy atom. The molecule has 146 valence electrons. The summed E-state index contributed by atoms with van der Waals surface area (Å²) in [7, 11) is 0. The van der Waals surface area contributed by atoms with E-state index in [-0.39, 0.29) is 28.8 Å². The first-order valence-electron chi connectivity index (χ1n) is 8.93. The number of benzene rings is 1. The molecule has 9 nitrogen and oxygen atoms in total. The molecular formula is C20H17N5O4. The maximum absolute atomic E-state index is 12.4. The summed E-state index contributed by atoms with van der Waals surface area (Å²) < 4.78 is 5.68. The van der Waals surface area contributed by atoms with E-state index in [1.807, 2.05) is 0 Å². The number of hydrogen-bond acceptors (Lipinski definition) is 7. The average molecular weight is 391 g/mol. The highest BCUT2D eigenvalue weighted by molar-refractivity contribution is 6.04. The number of aromatic hydroxyl groups is 1. The zero-order chi connectivity index (χ0) is 20.2. The molecule has 2 N–H and O–H groups in total. The van der Waals surface area contributed by atoms with E-state index in [0.717, 1.165) is 19.5 Å². The summed E-state index contributed by atoms with van der Waals surface area (Å²) in [6.45, 7) is 1.50. The van der Waals surface area contributed by atoms with E-state index in [4.69, 9.17) is 4.74 Å². The molecule has 4 rings (SSSR count). The average Bonchev–Trinajstić information content (AvgIpc) is 2.67. The highest BCUT2D eigenvalue weighted by Gasteiger charge is 2.22. The van der Waals surface area contributed by atoms with Gasteiger partial charge in [0.1, 0.15) is 22.9 Å². The zero-order valence-corrected chi connectivity index (χ0v) is 15.3. The maximum Gasteiger partial charge on any atom is 0.272 e. The Bertz CT molecular complexity index is 1040. The van der Waals surface area contributed by atoms with E-state index in [9.17, 15) is 14.7 Å². The molecule has 0 unspecified atom stereocenters. The minimum Gasteiger partial charge on any atom is -0.508 e. The highest BCUT2D eigenvalue weighted by Crippen LogP contribution is 2.27. The summed E-state index contributed by atoms with van der Waals surface area (Å²) in [5.41, 5.74) is 0.528. The summed E-state index contributed by atoms with van der Waals surface area (Å²) in [6.07, 6.45) is 6.79. The molecule has 0 bridgehead atoms. The van der Waals surface area contributed by atoms with Crippen LogP contribution in [0.15, 0.2) is 55.1 Å². The standard InChI is InChI=1S/C20H17N5O4/c26-14-8-13(19(27)24-18-12-21-4-5-22-18)9-16(10-14)29-15-2-3-17(23-11-15)20(28)25-6-1-7-25/h2-5,8-12,26H,1,6-7H2,(H,22,24,27). The molecule has 0 spiro atoms. The molecule has 2 amide bonds. The van der Waals surface area contributed by atoms with Gasteiger partial charge in [-0.2, -0.15) is 0 Å². The number of nitrogens with zero attached hydrogens (tertiary/aromatic N) is 4. The normalized spacial score (nSPS) is 12.8. The van der Waals surface area contributed by atoms with Crippen molar-refractivity contribution in [2.24, 2.45) is 0 Å². The van der Waals surface area contributed by atoms with Crippen LogP contribution in [0.1, 0.15) is 27.3 Å². The number of amides is 2. The number of pyridine rings is 1. The van der Waals surface area contributed by atoms with Crippen LogP contribution in [-0.4, -0.2) is 49.9 Å². The summed E-state index contributed by atoms with van der Waals surface area (Å²) in [5, 5.41) is 12.5. The second-order valence-corrected chi connectivity index (χ2v) is 6.39. The Morgan fingerprint density at radius 3 is 2.55 bits per heavy atom. The van der Waals surface area contributed by atoms with Crippen LogP contribution < -0.4 is 10.1 Å². The molecule has 0 radical (unpaired) electrons. The molecule has 1 aliphatic heterocycles. The number of anilines is 1. The molecule has 1 aliphatic rings. The van der Waals surface area contributed by atoms with Crippen LogP contribution in [0.4, 0.5) is 5.82 Å². The first kappa shape index (κ1) is 18.4. The van der Waals surface area contributed by atoms with Crippen LogP contribution >= 0.6 is 0 Å². The smallest absolute Gasteiger partial charge is 0.272 e. The zero-order valence-electron chi connectivity index (χ0n) is 15.3. The lowest BCUT2D eigenvalue weighted by atomic mass is 10.2. The third-order valence-corrected chi connectivity index (χ3v) is 4.29. The molecule has 0 aliphatic carbocycles. The lowest BCUT2D eigenvalue weighted by molar-refractivity contribution is 0.0645. The Morgan fingerprint density at radius 1 is 1.03 bits per heavy atom.